The van der Waals surface area contributed by atoms with Gasteiger partial charge in [-0.05, 0) is 50.6 Å². The van der Waals surface area contributed by atoms with Gasteiger partial charge in [-0.2, -0.15) is 0 Å². The molecule has 0 radical (unpaired) electrons. The third-order valence-electron chi connectivity index (χ3n) is 5.53. The van der Waals surface area contributed by atoms with E-state index in [1.807, 2.05) is 31.3 Å². The first kappa shape index (κ1) is 18.7. The number of hydrogen-bond donors (Lipinski definition) is 2. The van der Waals surface area contributed by atoms with E-state index in [0.717, 1.165) is 41.4 Å². The van der Waals surface area contributed by atoms with Crippen molar-refractivity contribution in [3.63, 3.8) is 0 Å². The Kier molecular flexibility index (Phi) is 5.43. The van der Waals surface area contributed by atoms with Crippen LogP contribution in [-0.2, 0) is 17.8 Å². The van der Waals surface area contributed by atoms with Crippen LogP contribution in [0.15, 0.2) is 24.4 Å². The molecule has 0 spiro atoms. The molecule has 7 nitrogen and oxygen atoms in total. The van der Waals surface area contributed by atoms with Crippen LogP contribution < -0.4 is 16.0 Å². The van der Waals surface area contributed by atoms with Gasteiger partial charge in [-0.3, -0.25) is 4.79 Å². The number of nitrogens with zero attached hydrogens (tertiary/aromatic N) is 4. The van der Waals surface area contributed by atoms with Crippen molar-refractivity contribution in [1.29, 1.82) is 0 Å². The summed E-state index contributed by atoms with van der Waals surface area (Å²) in [6.07, 6.45) is 6.14. The zero-order valence-electron chi connectivity index (χ0n) is 16.4. The van der Waals surface area contributed by atoms with Gasteiger partial charge in [-0.1, -0.05) is 12.5 Å². The zero-order chi connectivity index (χ0) is 19.5. The molecule has 2 aromatic heterocycles. The largest absolute Gasteiger partial charge is 0.383 e. The van der Waals surface area contributed by atoms with E-state index in [2.05, 4.69) is 20.2 Å². The van der Waals surface area contributed by atoms with Crippen molar-refractivity contribution >= 4 is 23.2 Å². The molecule has 4 heterocycles. The molecule has 1 saturated heterocycles. The van der Waals surface area contributed by atoms with Gasteiger partial charge in [0.1, 0.15) is 11.6 Å². The quantitative estimate of drug-likeness (QED) is 0.800. The number of nitrogen functional groups attached to an aromatic ring is 1. The Morgan fingerprint density at radius 3 is 2.79 bits per heavy atom. The second-order valence-electron chi connectivity index (χ2n) is 7.68. The summed E-state index contributed by atoms with van der Waals surface area (Å²) in [5, 5.41) is 3.39. The van der Waals surface area contributed by atoms with Gasteiger partial charge in [-0.25, -0.2) is 9.97 Å². The molecule has 4 rings (SSSR count). The lowest BCUT2D eigenvalue weighted by Gasteiger charge is -2.26. The topological polar surface area (TPSA) is 87.4 Å². The number of fused-ring (bicyclic) bond motifs is 1. The monoisotopic (exact) mass is 380 g/mol. The van der Waals surface area contributed by atoms with E-state index >= 15 is 0 Å². The SMILES string of the molecule is Cc1cc2c(c(N)n1)CC(=O)N2Cc1ccc(NCCN2CCCCC2)nc1. The van der Waals surface area contributed by atoms with Crippen LogP contribution in [-0.4, -0.2) is 47.0 Å². The van der Waals surface area contributed by atoms with E-state index < -0.39 is 0 Å². The van der Waals surface area contributed by atoms with Crippen molar-refractivity contribution < 1.29 is 4.79 Å². The molecule has 0 atom stereocenters. The number of carbonyl (C=O) groups is 1. The van der Waals surface area contributed by atoms with E-state index in [1.165, 1.54) is 32.4 Å². The normalized spacial score (nSPS) is 17.0. The predicted molar refractivity (Wildman–Crippen MR) is 111 cm³/mol. The van der Waals surface area contributed by atoms with Crippen LogP contribution in [0, 0.1) is 6.92 Å². The van der Waals surface area contributed by atoms with Crippen LogP contribution in [0.4, 0.5) is 17.3 Å². The summed E-state index contributed by atoms with van der Waals surface area (Å²) in [6, 6.07) is 5.94. The van der Waals surface area contributed by atoms with Crippen molar-refractivity contribution in [3.05, 3.63) is 41.2 Å². The van der Waals surface area contributed by atoms with Crippen molar-refractivity contribution in [1.82, 2.24) is 14.9 Å². The van der Waals surface area contributed by atoms with Crippen molar-refractivity contribution in [2.24, 2.45) is 0 Å². The standard InChI is InChI=1S/C21H28N6O/c1-15-11-18-17(21(22)25-15)12-20(28)27(18)14-16-5-6-19(24-13-16)23-7-10-26-8-3-2-4-9-26/h5-6,11,13H,2-4,7-10,12,14H2,1H3,(H2,22,25)(H,23,24). The molecule has 0 saturated carbocycles. The maximum atomic E-state index is 12.5. The first-order valence-electron chi connectivity index (χ1n) is 10.1. The number of likely N-dealkylation sites (tertiary alicyclic amines) is 1. The van der Waals surface area contributed by atoms with Gasteiger partial charge in [0.15, 0.2) is 0 Å². The molecule has 28 heavy (non-hydrogen) atoms. The van der Waals surface area contributed by atoms with Crippen LogP contribution in [0.2, 0.25) is 0 Å². The fourth-order valence-corrected chi connectivity index (χ4v) is 4.01. The smallest absolute Gasteiger partial charge is 0.231 e. The number of amides is 1. The molecule has 0 aromatic carbocycles. The Bertz CT molecular complexity index is 845. The maximum absolute atomic E-state index is 12.5. The number of nitrogens with one attached hydrogen (secondary N) is 1. The van der Waals surface area contributed by atoms with E-state index in [-0.39, 0.29) is 5.91 Å². The molecule has 0 unspecified atom stereocenters. The molecule has 2 aromatic rings. The number of rotatable bonds is 6. The van der Waals surface area contributed by atoms with E-state index in [1.54, 1.807) is 4.90 Å². The zero-order valence-corrected chi connectivity index (χ0v) is 16.4. The number of anilines is 3. The van der Waals surface area contributed by atoms with Gasteiger partial charge >= 0.3 is 0 Å². The first-order chi connectivity index (χ1) is 13.6. The third-order valence-corrected chi connectivity index (χ3v) is 5.53. The molecule has 148 valence electrons. The van der Waals surface area contributed by atoms with Crippen LogP contribution in [0.5, 0.6) is 0 Å². The van der Waals surface area contributed by atoms with Crippen LogP contribution >= 0.6 is 0 Å². The van der Waals surface area contributed by atoms with Gasteiger partial charge in [0.25, 0.3) is 0 Å². The Morgan fingerprint density at radius 2 is 2.04 bits per heavy atom. The van der Waals surface area contributed by atoms with Crippen molar-refractivity contribution in [2.75, 3.05) is 42.1 Å². The second kappa shape index (κ2) is 8.14. The van der Waals surface area contributed by atoms with Crippen LogP contribution in [0.3, 0.4) is 0 Å². The fraction of sp³-hybridized carbons (Fsp3) is 0.476. The lowest BCUT2D eigenvalue weighted by Crippen LogP contribution is -2.33. The first-order valence-corrected chi connectivity index (χ1v) is 10.1. The van der Waals surface area contributed by atoms with Crippen molar-refractivity contribution in [2.45, 2.75) is 39.2 Å². The van der Waals surface area contributed by atoms with E-state index in [4.69, 9.17) is 5.73 Å². The highest BCUT2D eigenvalue weighted by atomic mass is 16.2. The number of aryl methyl sites for hydroxylation is 1. The highest BCUT2D eigenvalue weighted by Gasteiger charge is 2.30. The summed E-state index contributed by atoms with van der Waals surface area (Å²) in [4.78, 5) is 25.5. The number of hydrogen-bond acceptors (Lipinski definition) is 6. The summed E-state index contributed by atoms with van der Waals surface area (Å²) in [6.45, 7) is 6.75. The molecule has 1 amide bonds. The van der Waals surface area contributed by atoms with Crippen LogP contribution in [0.25, 0.3) is 0 Å². The molecule has 2 aliphatic rings. The average Bonchev–Trinajstić information content (AvgIpc) is 3.00. The minimum absolute atomic E-state index is 0.0535. The Hall–Kier alpha value is -2.67. The molecule has 3 N–H and O–H groups in total. The summed E-state index contributed by atoms with van der Waals surface area (Å²) < 4.78 is 0. The molecular formula is C21H28N6O. The van der Waals surface area contributed by atoms with Crippen molar-refractivity contribution in [3.8, 4) is 0 Å². The van der Waals surface area contributed by atoms with Gasteiger partial charge in [-0.15, -0.1) is 0 Å². The summed E-state index contributed by atoms with van der Waals surface area (Å²) in [5.74, 6) is 1.38. The minimum Gasteiger partial charge on any atom is -0.383 e. The number of pyridine rings is 2. The summed E-state index contributed by atoms with van der Waals surface area (Å²) in [5.41, 5.74) is 9.52. The minimum atomic E-state index is 0.0535. The highest BCUT2D eigenvalue weighted by molar-refractivity contribution is 6.02. The van der Waals surface area contributed by atoms with E-state index in [9.17, 15) is 4.79 Å². The van der Waals surface area contributed by atoms with Gasteiger partial charge < -0.3 is 20.9 Å². The number of carbonyl (C=O) groups excluding carboxylic acids is 1. The number of piperidine rings is 1. The Morgan fingerprint density at radius 1 is 1.21 bits per heavy atom. The lowest BCUT2D eigenvalue weighted by molar-refractivity contribution is -0.117. The highest BCUT2D eigenvalue weighted by Crippen LogP contribution is 2.33. The summed E-state index contributed by atoms with van der Waals surface area (Å²) in [7, 11) is 0. The molecule has 2 aliphatic heterocycles. The van der Waals surface area contributed by atoms with Crippen LogP contribution in [0.1, 0.15) is 36.1 Å². The molecule has 0 aliphatic carbocycles. The predicted octanol–water partition coefficient (Wildman–Crippen LogP) is 2.35. The van der Waals surface area contributed by atoms with E-state index in [0.29, 0.717) is 18.8 Å². The van der Waals surface area contributed by atoms with Gasteiger partial charge in [0, 0.05) is 30.5 Å². The molecular weight excluding hydrogens is 352 g/mol. The lowest BCUT2D eigenvalue weighted by atomic mass is 10.1. The van der Waals surface area contributed by atoms with Gasteiger partial charge in [0.05, 0.1) is 18.7 Å². The Balaban J connectivity index is 1.35. The summed E-state index contributed by atoms with van der Waals surface area (Å²) >= 11 is 0. The Labute approximate surface area is 166 Å². The molecule has 7 heteroatoms. The van der Waals surface area contributed by atoms with Gasteiger partial charge in [0.2, 0.25) is 5.91 Å². The average molecular weight is 380 g/mol. The third kappa shape index (κ3) is 4.09. The molecule has 1 fully saturated rings. The maximum Gasteiger partial charge on any atom is 0.231 e. The molecule has 0 bridgehead atoms. The number of nitrogens with two attached hydrogens (primary N) is 1. The second-order valence-corrected chi connectivity index (χ2v) is 7.68. The number of aromatic nitrogens is 2. The fourth-order valence-electron chi connectivity index (χ4n) is 4.01.